The van der Waals surface area contributed by atoms with Gasteiger partial charge in [-0.15, -0.1) is 0 Å². The van der Waals surface area contributed by atoms with Crippen molar-refractivity contribution in [2.75, 3.05) is 25.6 Å². The zero-order valence-corrected chi connectivity index (χ0v) is 9.96. The number of hydrogen-bond acceptors (Lipinski definition) is 3. The molecule has 0 bridgehead atoms. The molecule has 1 aliphatic rings. The first-order valence-corrected chi connectivity index (χ1v) is 5.49. The van der Waals surface area contributed by atoms with Crippen molar-refractivity contribution in [1.29, 1.82) is 0 Å². The Morgan fingerprint density at radius 3 is 2.47 bits per heavy atom. The molecule has 1 aliphatic carbocycles. The van der Waals surface area contributed by atoms with Gasteiger partial charge in [0.25, 0.3) is 0 Å². The highest BCUT2D eigenvalue weighted by Gasteiger charge is 2.47. The summed E-state index contributed by atoms with van der Waals surface area (Å²) in [6.07, 6.45) is 1.77. The van der Waals surface area contributed by atoms with Crippen LogP contribution < -0.4 is 10.8 Å². The van der Waals surface area contributed by atoms with E-state index in [9.17, 15) is 8.78 Å². The molecule has 1 fully saturated rings. The van der Waals surface area contributed by atoms with Crippen LogP contribution in [0.25, 0.3) is 0 Å². The summed E-state index contributed by atoms with van der Waals surface area (Å²) in [5, 5.41) is 0. The van der Waals surface area contributed by atoms with E-state index in [0.29, 0.717) is 12.3 Å². The Bertz CT molecular complexity index is 431. The predicted molar refractivity (Wildman–Crippen MR) is 61.7 cm³/mol. The van der Waals surface area contributed by atoms with E-state index in [1.807, 2.05) is 0 Å². The zero-order chi connectivity index (χ0) is 12.6. The third kappa shape index (κ3) is 2.00. The molecule has 5 heteroatoms. The molecule has 2 N–H and O–H groups in total. The molecule has 0 spiro atoms. The first-order chi connectivity index (χ1) is 8.02. The average molecular weight is 242 g/mol. The minimum absolute atomic E-state index is 0.247. The van der Waals surface area contributed by atoms with E-state index in [2.05, 4.69) is 0 Å². The Hall–Kier alpha value is -1.20. The van der Waals surface area contributed by atoms with Gasteiger partial charge in [0.2, 0.25) is 0 Å². The van der Waals surface area contributed by atoms with Gasteiger partial charge in [-0.2, -0.15) is 0 Å². The molecule has 1 saturated carbocycles. The summed E-state index contributed by atoms with van der Waals surface area (Å²) in [5.41, 5.74) is 0.814. The van der Waals surface area contributed by atoms with Crippen LogP contribution in [0.2, 0.25) is 0 Å². The lowest BCUT2D eigenvalue weighted by molar-refractivity contribution is 0.116. The first-order valence-electron chi connectivity index (χ1n) is 5.49. The SMILES string of the molecule is CN(C)c1c(C2(CON)CC2)ccc(F)c1F. The van der Waals surface area contributed by atoms with Crippen molar-refractivity contribution in [2.24, 2.45) is 5.90 Å². The third-order valence-electron chi connectivity index (χ3n) is 3.30. The molecular formula is C12H16F2N2O. The normalized spacial score (nSPS) is 17.0. The van der Waals surface area contributed by atoms with Crippen molar-refractivity contribution in [3.63, 3.8) is 0 Å². The smallest absolute Gasteiger partial charge is 0.182 e. The summed E-state index contributed by atoms with van der Waals surface area (Å²) in [6, 6.07) is 2.79. The third-order valence-corrected chi connectivity index (χ3v) is 3.30. The minimum Gasteiger partial charge on any atom is -0.375 e. The van der Waals surface area contributed by atoms with Gasteiger partial charge >= 0.3 is 0 Å². The second-order valence-corrected chi connectivity index (χ2v) is 4.74. The lowest BCUT2D eigenvalue weighted by atomic mass is 9.94. The summed E-state index contributed by atoms with van der Waals surface area (Å²) in [4.78, 5) is 6.28. The maximum Gasteiger partial charge on any atom is 0.182 e. The molecule has 0 unspecified atom stereocenters. The monoisotopic (exact) mass is 242 g/mol. The molecule has 17 heavy (non-hydrogen) atoms. The second kappa shape index (κ2) is 4.23. The van der Waals surface area contributed by atoms with Gasteiger partial charge in [0.05, 0.1) is 12.3 Å². The Morgan fingerprint density at radius 2 is 2.00 bits per heavy atom. The van der Waals surface area contributed by atoms with Crippen molar-refractivity contribution in [3.05, 3.63) is 29.3 Å². The van der Waals surface area contributed by atoms with Crippen LogP contribution in [0.1, 0.15) is 18.4 Å². The van der Waals surface area contributed by atoms with Crippen molar-refractivity contribution in [2.45, 2.75) is 18.3 Å². The van der Waals surface area contributed by atoms with E-state index in [1.165, 1.54) is 0 Å². The number of benzene rings is 1. The van der Waals surface area contributed by atoms with Crippen LogP contribution in [0.3, 0.4) is 0 Å². The fourth-order valence-electron chi connectivity index (χ4n) is 2.21. The van der Waals surface area contributed by atoms with E-state index in [0.717, 1.165) is 24.5 Å². The molecule has 0 aliphatic heterocycles. The number of nitrogens with zero attached hydrogens (tertiary/aromatic N) is 1. The van der Waals surface area contributed by atoms with E-state index in [1.54, 1.807) is 25.1 Å². The Morgan fingerprint density at radius 1 is 1.35 bits per heavy atom. The van der Waals surface area contributed by atoms with E-state index < -0.39 is 11.6 Å². The molecule has 1 aromatic carbocycles. The standard InChI is InChI=1S/C12H16F2N2O/c1-16(2)11-8(3-4-9(13)10(11)14)12(5-6-12)7-17-15/h3-4H,5-7,15H2,1-2H3. The highest BCUT2D eigenvalue weighted by molar-refractivity contribution is 5.59. The largest absolute Gasteiger partial charge is 0.375 e. The van der Waals surface area contributed by atoms with Gasteiger partial charge in [0.15, 0.2) is 11.6 Å². The highest BCUT2D eigenvalue weighted by Crippen LogP contribution is 2.51. The Balaban J connectivity index is 2.51. The maximum atomic E-state index is 13.8. The molecule has 0 atom stereocenters. The summed E-state index contributed by atoms with van der Waals surface area (Å²) in [7, 11) is 3.39. The second-order valence-electron chi connectivity index (χ2n) is 4.74. The lowest BCUT2D eigenvalue weighted by Crippen LogP contribution is -2.23. The molecule has 2 rings (SSSR count). The van der Waals surface area contributed by atoms with Gasteiger partial charge < -0.3 is 9.74 Å². The molecule has 94 valence electrons. The quantitative estimate of drug-likeness (QED) is 0.820. The first kappa shape index (κ1) is 12.3. The maximum absolute atomic E-state index is 13.8. The van der Waals surface area contributed by atoms with E-state index >= 15 is 0 Å². The van der Waals surface area contributed by atoms with Gasteiger partial charge in [-0.25, -0.2) is 14.7 Å². The number of hydrogen-bond donors (Lipinski definition) is 1. The van der Waals surface area contributed by atoms with Crippen LogP contribution in [0.4, 0.5) is 14.5 Å². The van der Waals surface area contributed by atoms with Crippen LogP contribution in [0.5, 0.6) is 0 Å². The Labute approximate surface area is 99.1 Å². The van der Waals surface area contributed by atoms with Gasteiger partial charge in [0.1, 0.15) is 0 Å². The van der Waals surface area contributed by atoms with Crippen LogP contribution in [-0.4, -0.2) is 20.7 Å². The van der Waals surface area contributed by atoms with Gasteiger partial charge in [-0.1, -0.05) is 6.07 Å². The fourth-order valence-corrected chi connectivity index (χ4v) is 2.21. The van der Waals surface area contributed by atoms with Crippen LogP contribution in [-0.2, 0) is 10.3 Å². The molecule has 1 aromatic rings. The van der Waals surface area contributed by atoms with Crippen molar-refractivity contribution >= 4 is 5.69 Å². The van der Waals surface area contributed by atoms with E-state index in [-0.39, 0.29) is 5.41 Å². The van der Waals surface area contributed by atoms with Crippen molar-refractivity contribution in [1.82, 2.24) is 0 Å². The summed E-state index contributed by atoms with van der Waals surface area (Å²) < 4.78 is 27.1. The molecule has 3 nitrogen and oxygen atoms in total. The van der Waals surface area contributed by atoms with Gasteiger partial charge in [-0.3, -0.25) is 0 Å². The summed E-state index contributed by atoms with van der Waals surface area (Å²) >= 11 is 0. The average Bonchev–Trinajstić information content (AvgIpc) is 3.02. The van der Waals surface area contributed by atoms with Crippen molar-refractivity contribution < 1.29 is 13.6 Å². The number of nitrogens with two attached hydrogens (primary N) is 1. The molecule has 0 amide bonds. The predicted octanol–water partition coefficient (Wildman–Crippen LogP) is 1.95. The van der Waals surface area contributed by atoms with Crippen LogP contribution in [0, 0.1) is 11.6 Å². The molecular weight excluding hydrogens is 226 g/mol. The summed E-state index contributed by atoms with van der Waals surface area (Å²) in [5.74, 6) is 3.46. The molecule has 0 saturated heterocycles. The molecule has 0 radical (unpaired) electrons. The minimum atomic E-state index is -0.832. The Kier molecular flexibility index (Phi) is 3.05. The highest BCUT2D eigenvalue weighted by atomic mass is 19.2. The fraction of sp³-hybridized carbons (Fsp3) is 0.500. The van der Waals surface area contributed by atoms with E-state index in [4.69, 9.17) is 10.7 Å². The van der Waals surface area contributed by atoms with Gasteiger partial charge in [-0.05, 0) is 24.5 Å². The molecule has 0 aromatic heterocycles. The zero-order valence-electron chi connectivity index (χ0n) is 9.96. The topological polar surface area (TPSA) is 38.5 Å². The molecule has 0 heterocycles. The summed E-state index contributed by atoms with van der Waals surface area (Å²) in [6.45, 7) is 0.332. The van der Waals surface area contributed by atoms with Crippen LogP contribution in [0.15, 0.2) is 12.1 Å². The number of halogens is 2. The number of rotatable bonds is 4. The van der Waals surface area contributed by atoms with Gasteiger partial charge in [0, 0.05) is 19.5 Å². The van der Waals surface area contributed by atoms with Crippen molar-refractivity contribution in [3.8, 4) is 0 Å². The lowest BCUT2D eigenvalue weighted by Gasteiger charge is -2.23. The van der Waals surface area contributed by atoms with Crippen LogP contribution >= 0.6 is 0 Å². The number of anilines is 1.